The molecule has 3 aromatic carbocycles. The van der Waals surface area contributed by atoms with E-state index < -0.39 is 0 Å². The second-order valence-electron chi connectivity index (χ2n) is 7.28. The van der Waals surface area contributed by atoms with E-state index >= 15 is 0 Å². The Kier molecular flexibility index (Phi) is 5.43. The summed E-state index contributed by atoms with van der Waals surface area (Å²) in [6.45, 7) is 0.505. The van der Waals surface area contributed by atoms with E-state index in [4.69, 9.17) is 0 Å². The van der Waals surface area contributed by atoms with Crippen LogP contribution in [-0.4, -0.2) is 33.4 Å². The maximum Gasteiger partial charge on any atom is 0.256 e. The first-order chi connectivity index (χ1) is 15.7. The summed E-state index contributed by atoms with van der Waals surface area (Å²) in [6.07, 6.45) is 4.13. The number of fused-ring (bicyclic) bond motifs is 2. The minimum absolute atomic E-state index is 0.168. The minimum atomic E-state index is -0.173. The van der Waals surface area contributed by atoms with E-state index in [1.807, 2.05) is 48.5 Å². The molecule has 0 spiro atoms. The molecule has 0 aliphatic carbocycles. The second kappa shape index (κ2) is 8.68. The van der Waals surface area contributed by atoms with Crippen molar-refractivity contribution < 1.29 is 9.59 Å². The third-order valence-electron chi connectivity index (χ3n) is 5.16. The maximum atomic E-state index is 12.7. The van der Waals surface area contributed by atoms with E-state index in [0.29, 0.717) is 29.8 Å². The average Bonchev–Trinajstić information content (AvgIpc) is 3.31. The molecule has 1 aliphatic heterocycles. The van der Waals surface area contributed by atoms with Crippen molar-refractivity contribution in [3.63, 3.8) is 0 Å². The number of benzene rings is 3. The van der Waals surface area contributed by atoms with Crippen LogP contribution in [0.25, 0.3) is 5.69 Å². The van der Waals surface area contributed by atoms with E-state index in [-0.39, 0.29) is 11.8 Å². The van der Waals surface area contributed by atoms with Crippen molar-refractivity contribution in [2.24, 2.45) is 0 Å². The highest BCUT2D eigenvalue weighted by Crippen LogP contribution is 2.38. The summed E-state index contributed by atoms with van der Waals surface area (Å²) in [5, 5.41) is 13.7. The lowest BCUT2D eigenvalue weighted by Crippen LogP contribution is -2.25. The molecule has 4 aromatic rings. The molecule has 0 radical (unpaired) electrons. The Labute approximate surface area is 188 Å². The summed E-state index contributed by atoms with van der Waals surface area (Å²) < 4.78 is 1.69. The molecule has 158 valence electrons. The molecule has 2 N–H and O–H groups in total. The van der Waals surface area contributed by atoms with Gasteiger partial charge in [0, 0.05) is 21.9 Å². The lowest BCUT2D eigenvalue weighted by molar-refractivity contribution is 0.0952. The van der Waals surface area contributed by atoms with Gasteiger partial charge in [-0.2, -0.15) is 0 Å². The van der Waals surface area contributed by atoms with Gasteiger partial charge < -0.3 is 10.6 Å². The molecular weight excluding hydrogens is 422 g/mol. The number of rotatable bonds is 5. The fourth-order valence-electron chi connectivity index (χ4n) is 3.49. The summed E-state index contributed by atoms with van der Waals surface area (Å²) in [7, 11) is 0. The van der Waals surface area contributed by atoms with Gasteiger partial charge in [-0.3, -0.25) is 9.59 Å². The Morgan fingerprint density at radius 2 is 1.88 bits per heavy atom. The number of hydrogen-bond acceptors (Lipinski definition) is 5. The Bertz CT molecular complexity index is 1290. The van der Waals surface area contributed by atoms with Gasteiger partial charge in [-0.15, -0.1) is 5.10 Å². The number of amides is 2. The molecule has 2 amide bonds. The highest BCUT2D eigenvalue weighted by atomic mass is 32.2. The summed E-state index contributed by atoms with van der Waals surface area (Å²) >= 11 is 1.52. The van der Waals surface area contributed by atoms with Crippen molar-refractivity contribution in [3.05, 3.63) is 95.8 Å². The van der Waals surface area contributed by atoms with Crippen LogP contribution in [0.3, 0.4) is 0 Å². The standard InChI is InChI=1S/C24H19N5O2S/c30-23(25-12-11-16-5-8-18(9-6-16)29-14-13-26-28-29)17-7-10-22-20(15-17)27-24(31)19-3-1-2-4-21(19)32-22/h1-10,13-15H,11-12H2,(H,25,30)(H,27,31). The van der Waals surface area contributed by atoms with Crippen molar-refractivity contribution in [1.82, 2.24) is 20.3 Å². The van der Waals surface area contributed by atoms with Gasteiger partial charge in [-0.1, -0.05) is 41.2 Å². The lowest BCUT2D eigenvalue weighted by atomic mass is 10.1. The van der Waals surface area contributed by atoms with Gasteiger partial charge in [0.25, 0.3) is 11.8 Å². The van der Waals surface area contributed by atoms with Crippen LogP contribution in [0.1, 0.15) is 26.3 Å². The van der Waals surface area contributed by atoms with E-state index in [2.05, 4.69) is 20.9 Å². The highest BCUT2D eigenvalue weighted by Gasteiger charge is 2.20. The molecule has 1 aromatic heterocycles. The Hall–Kier alpha value is -3.91. The van der Waals surface area contributed by atoms with Crippen LogP contribution in [-0.2, 0) is 6.42 Å². The number of carbonyl (C=O) groups excluding carboxylic acids is 2. The molecule has 0 saturated carbocycles. The quantitative estimate of drug-likeness (QED) is 0.489. The molecular formula is C24H19N5O2S. The van der Waals surface area contributed by atoms with Crippen molar-refractivity contribution in [1.29, 1.82) is 0 Å². The molecule has 0 unspecified atom stereocenters. The summed E-state index contributed by atoms with van der Waals surface area (Å²) in [4.78, 5) is 27.0. The summed E-state index contributed by atoms with van der Waals surface area (Å²) in [5.41, 5.74) is 3.83. The number of hydrogen-bond donors (Lipinski definition) is 2. The first kappa shape index (κ1) is 20.0. The van der Waals surface area contributed by atoms with Crippen LogP contribution in [0.2, 0.25) is 0 Å². The Morgan fingerprint density at radius 3 is 2.69 bits per heavy atom. The van der Waals surface area contributed by atoms with Gasteiger partial charge >= 0.3 is 0 Å². The first-order valence-corrected chi connectivity index (χ1v) is 11.0. The normalized spacial score (nSPS) is 12.3. The average molecular weight is 442 g/mol. The molecule has 0 bridgehead atoms. The number of anilines is 1. The molecule has 0 atom stereocenters. The smallest absolute Gasteiger partial charge is 0.256 e. The van der Waals surface area contributed by atoms with Gasteiger partial charge in [-0.25, -0.2) is 4.68 Å². The molecule has 2 heterocycles. The topological polar surface area (TPSA) is 88.9 Å². The number of aromatic nitrogens is 3. The number of carbonyl (C=O) groups is 2. The van der Waals surface area contributed by atoms with Gasteiger partial charge in [0.05, 0.1) is 29.3 Å². The van der Waals surface area contributed by atoms with E-state index in [1.165, 1.54) is 11.8 Å². The van der Waals surface area contributed by atoms with Crippen LogP contribution in [0.4, 0.5) is 5.69 Å². The Morgan fingerprint density at radius 1 is 1.03 bits per heavy atom. The van der Waals surface area contributed by atoms with Crippen LogP contribution in [0, 0.1) is 0 Å². The monoisotopic (exact) mass is 441 g/mol. The van der Waals surface area contributed by atoms with Crippen molar-refractivity contribution >= 4 is 29.3 Å². The van der Waals surface area contributed by atoms with Crippen molar-refractivity contribution in [3.8, 4) is 5.69 Å². The fourth-order valence-corrected chi connectivity index (χ4v) is 4.50. The van der Waals surface area contributed by atoms with Gasteiger partial charge in [0.2, 0.25) is 0 Å². The summed E-state index contributed by atoms with van der Waals surface area (Å²) in [5.74, 6) is -0.341. The third kappa shape index (κ3) is 4.13. The SMILES string of the molecule is O=C(NCCc1ccc(-n2ccnn2)cc1)c1ccc2c(c1)NC(=O)c1ccccc1S2. The van der Waals surface area contributed by atoms with Gasteiger partial charge in [-0.05, 0) is 54.4 Å². The molecule has 5 rings (SSSR count). The van der Waals surface area contributed by atoms with Crippen LogP contribution in [0.5, 0.6) is 0 Å². The Balaban J connectivity index is 1.22. The zero-order valence-electron chi connectivity index (χ0n) is 17.0. The first-order valence-electron chi connectivity index (χ1n) is 10.1. The molecule has 8 heteroatoms. The highest BCUT2D eigenvalue weighted by molar-refractivity contribution is 7.99. The number of nitrogens with zero attached hydrogens (tertiary/aromatic N) is 3. The number of nitrogens with one attached hydrogen (secondary N) is 2. The van der Waals surface area contributed by atoms with E-state index in [1.54, 1.807) is 35.3 Å². The zero-order chi connectivity index (χ0) is 21.9. The third-order valence-corrected chi connectivity index (χ3v) is 6.32. The molecule has 0 saturated heterocycles. The van der Waals surface area contributed by atoms with E-state index in [0.717, 1.165) is 21.0 Å². The minimum Gasteiger partial charge on any atom is -0.352 e. The zero-order valence-corrected chi connectivity index (χ0v) is 17.8. The predicted molar refractivity (Wildman–Crippen MR) is 122 cm³/mol. The van der Waals surface area contributed by atoms with Gasteiger partial charge in [0.15, 0.2) is 0 Å². The van der Waals surface area contributed by atoms with Gasteiger partial charge in [0.1, 0.15) is 0 Å². The van der Waals surface area contributed by atoms with Crippen molar-refractivity contribution in [2.45, 2.75) is 16.2 Å². The largest absolute Gasteiger partial charge is 0.352 e. The fraction of sp³-hybridized carbons (Fsp3) is 0.0833. The van der Waals surface area contributed by atoms with E-state index in [9.17, 15) is 9.59 Å². The van der Waals surface area contributed by atoms with Crippen LogP contribution < -0.4 is 10.6 Å². The second-order valence-corrected chi connectivity index (χ2v) is 8.37. The lowest BCUT2D eigenvalue weighted by Gasteiger charge is -2.10. The van der Waals surface area contributed by atoms with Crippen LogP contribution >= 0.6 is 11.8 Å². The molecule has 1 aliphatic rings. The predicted octanol–water partition coefficient (Wildman–Crippen LogP) is 3.96. The maximum absolute atomic E-state index is 12.7. The van der Waals surface area contributed by atoms with Crippen molar-refractivity contribution in [2.75, 3.05) is 11.9 Å². The molecule has 7 nitrogen and oxygen atoms in total. The molecule has 32 heavy (non-hydrogen) atoms. The van der Waals surface area contributed by atoms with Crippen LogP contribution in [0.15, 0.2) is 88.9 Å². The summed E-state index contributed by atoms with van der Waals surface area (Å²) in [6, 6.07) is 20.8. The molecule has 0 fully saturated rings.